The SMILES string of the molecule is O=C(Nc1[nH]ncc1-c1ccc2c(c1)OCO2)[C@H]1C[C@H]1c1ccco1. The van der Waals surface area contributed by atoms with Gasteiger partial charge in [-0.05, 0) is 36.2 Å². The fourth-order valence-electron chi connectivity index (χ4n) is 3.18. The number of hydrogen-bond acceptors (Lipinski definition) is 5. The number of carbonyl (C=O) groups excluding carboxylic acids is 1. The Kier molecular flexibility index (Phi) is 3.06. The van der Waals surface area contributed by atoms with E-state index in [9.17, 15) is 4.79 Å². The topological polar surface area (TPSA) is 89.4 Å². The summed E-state index contributed by atoms with van der Waals surface area (Å²) in [5, 5.41) is 9.86. The maximum Gasteiger partial charge on any atom is 0.231 e. The molecule has 1 aromatic carbocycles. The Morgan fingerprint density at radius 1 is 1.24 bits per heavy atom. The minimum absolute atomic E-state index is 0.0346. The number of amides is 1. The van der Waals surface area contributed by atoms with Crippen LogP contribution in [0.25, 0.3) is 11.1 Å². The highest BCUT2D eigenvalue weighted by molar-refractivity contribution is 5.97. The third-order valence-corrected chi connectivity index (χ3v) is 4.61. The molecule has 2 aliphatic rings. The fraction of sp³-hybridized carbons (Fsp3) is 0.222. The first-order chi connectivity index (χ1) is 12.3. The van der Waals surface area contributed by atoms with Crippen molar-refractivity contribution < 1.29 is 18.7 Å². The minimum Gasteiger partial charge on any atom is -0.469 e. The van der Waals surface area contributed by atoms with Gasteiger partial charge in [-0.15, -0.1) is 0 Å². The Labute approximate surface area is 142 Å². The molecular weight excluding hydrogens is 322 g/mol. The van der Waals surface area contributed by atoms with Gasteiger partial charge in [0, 0.05) is 17.4 Å². The van der Waals surface area contributed by atoms with E-state index in [4.69, 9.17) is 13.9 Å². The number of furan rings is 1. The molecular formula is C18H15N3O4. The van der Waals surface area contributed by atoms with Gasteiger partial charge in [0.2, 0.25) is 12.7 Å². The number of anilines is 1. The molecule has 0 bridgehead atoms. The standard InChI is InChI=1S/C18H15N3O4/c22-18(12-7-11(12)14-2-1-5-23-14)20-17-13(8-19-21-17)10-3-4-15-16(6-10)25-9-24-15/h1-6,8,11-12H,7,9H2,(H2,19,20,21,22)/t11-,12+/m1/s1. The Bertz CT molecular complexity index is 932. The molecule has 2 N–H and O–H groups in total. The van der Waals surface area contributed by atoms with Gasteiger partial charge in [-0.1, -0.05) is 6.07 Å². The first-order valence-corrected chi connectivity index (χ1v) is 8.07. The molecule has 1 fully saturated rings. The van der Waals surface area contributed by atoms with Crippen molar-refractivity contribution in [3.63, 3.8) is 0 Å². The number of ether oxygens (including phenoxy) is 2. The summed E-state index contributed by atoms with van der Waals surface area (Å²) < 4.78 is 16.1. The highest BCUT2D eigenvalue weighted by atomic mass is 16.7. The molecule has 1 aliphatic carbocycles. The highest BCUT2D eigenvalue weighted by Gasteiger charge is 2.46. The summed E-state index contributed by atoms with van der Waals surface area (Å²) >= 11 is 0. The fourth-order valence-corrected chi connectivity index (χ4v) is 3.18. The summed E-state index contributed by atoms with van der Waals surface area (Å²) in [5.74, 6) is 2.90. The molecule has 0 spiro atoms. The molecule has 7 heteroatoms. The van der Waals surface area contributed by atoms with Crippen LogP contribution in [0.2, 0.25) is 0 Å². The molecule has 0 radical (unpaired) electrons. The zero-order valence-corrected chi connectivity index (χ0v) is 13.2. The monoisotopic (exact) mass is 337 g/mol. The second-order valence-electron chi connectivity index (χ2n) is 6.18. The van der Waals surface area contributed by atoms with E-state index in [1.165, 1.54) is 0 Å². The van der Waals surface area contributed by atoms with Crippen LogP contribution in [0.1, 0.15) is 18.1 Å². The summed E-state index contributed by atoms with van der Waals surface area (Å²) in [6, 6.07) is 9.40. The molecule has 2 aromatic heterocycles. The molecule has 1 aliphatic heterocycles. The average Bonchev–Trinajstić information content (AvgIpc) is 3.06. The summed E-state index contributed by atoms with van der Waals surface area (Å²) in [4.78, 5) is 12.5. The normalized spacial score (nSPS) is 20.5. The third kappa shape index (κ3) is 2.44. The number of fused-ring (bicyclic) bond motifs is 1. The van der Waals surface area contributed by atoms with E-state index in [-0.39, 0.29) is 24.5 Å². The van der Waals surface area contributed by atoms with E-state index in [1.54, 1.807) is 12.5 Å². The molecule has 5 rings (SSSR count). The van der Waals surface area contributed by atoms with Crippen LogP contribution in [-0.4, -0.2) is 22.9 Å². The van der Waals surface area contributed by atoms with Gasteiger partial charge in [0.15, 0.2) is 11.5 Å². The zero-order chi connectivity index (χ0) is 16.8. The van der Waals surface area contributed by atoms with Crippen molar-refractivity contribution >= 4 is 11.7 Å². The van der Waals surface area contributed by atoms with Crippen LogP contribution < -0.4 is 14.8 Å². The number of hydrogen-bond donors (Lipinski definition) is 2. The van der Waals surface area contributed by atoms with Crippen LogP contribution in [0.3, 0.4) is 0 Å². The minimum atomic E-state index is -0.0703. The molecule has 25 heavy (non-hydrogen) atoms. The quantitative estimate of drug-likeness (QED) is 0.763. The van der Waals surface area contributed by atoms with Gasteiger partial charge in [-0.25, -0.2) is 0 Å². The number of nitrogens with one attached hydrogen (secondary N) is 2. The largest absolute Gasteiger partial charge is 0.469 e. The van der Waals surface area contributed by atoms with Gasteiger partial charge >= 0.3 is 0 Å². The van der Waals surface area contributed by atoms with Crippen molar-refractivity contribution in [3.8, 4) is 22.6 Å². The number of aromatic nitrogens is 2. The predicted octanol–water partition coefficient (Wildman–Crippen LogP) is 3.14. The molecule has 1 saturated carbocycles. The van der Waals surface area contributed by atoms with E-state index in [0.717, 1.165) is 29.1 Å². The third-order valence-electron chi connectivity index (χ3n) is 4.61. The van der Waals surface area contributed by atoms with Gasteiger partial charge in [0.25, 0.3) is 0 Å². The Hall–Kier alpha value is -3.22. The van der Waals surface area contributed by atoms with Crippen molar-refractivity contribution in [3.05, 3.63) is 48.6 Å². The van der Waals surface area contributed by atoms with Crippen molar-refractivity contribution in [2.24, 2.45) is 5.92 Å². The van der Waals surface area contributed by atoms with Crippen molar-refractivity contribution in [2.75, 3.05) is 12.1 Å². The van der Waals surface area contributed by atoms with E-state index < -0.39 is 0 Å². The lowest BCUT2D eigenvalue weighted by molar-refractivity contribution is -0.117. The van der Waals surface area contributed by atoms with Gasteiger partial charge in [0.05, 0.1) is 12.5 Å². The van der Waals surface area contributed by atoms with E-state index >= 15 is 0 Å². The number of carbonyl (C=O) groups is 1. The molecule has 126 valence electrons. The number of aromatic amines is 1. The number of nitrogens with zero attached hydrogens (tertiary/aromatic N) is 1. The average molecular weight is 337 g/mol. The number of benzene rings is 1. The number of H-pyrrole nitrogens is 1. The molecule has 3 aromatic rings. The Morgan fingerprint density at radius 3 is 3.04 bits per heavy atom. The van der Waals surface area contributed by atoms with Crippen molar-refractivity contribution in [1.82, 2.24) is 10.2 Å². The zero-order valence-electron chi connectivity index (χ0n) is 13.2. The van der Waals surface area contributed by atoms with Gasteiger partial charge in [-0.3, -0.25) is 9.89 Å². The maximum atomic E-state index is 12.5. The van der Waals surface area contributed by atoms with E-state index in [2.05, 4.69) is 15.5 Å². The Morgan fingerprint density at radius 2 is 2.16 bits per heavy atom. The smallest absolute Gasteiger partial charge is 0.231 e. The van der Waals surface area contributed by atoms with Crippen LogP contribution in [-0.2, 0) is 4.79 Å². The molecule has 2 atom stereocenters. The van der Waals surface area contributed by atoms with E-state index in [1.807, 2.05) is 30.3 Å². The summed E-state index contributed by atoms with van der Waals surface area (Å²) in [6.45, 7) is 0.226. The second kappa shape index (κ2) is 5.41. The van der Waals surface area contributed by atoms with Crippen LogP contribution >= 0.6 is 0 Å². The molecule has 1 amide bonds. The first-order valence-electron chi connectivity index (χ1n) is 8.07. The van der Waals surface area contributed by atoms with Gasteiger partial charge in [-0.2, -0.15) is 5.10 Å². The first kappa shape index (κ1) is 14.2. The Balaban J connectivity index is 1.35. The summed E-state index contributed by atoms with van der Waals surface area (Å²) in [6.07, 6.45) is 4.12. The van der Waals surface area contributed by atoms with Crippen LogP contribution in [0, 0.1) is 5.92 Å². The summed E-state index contributed by atoms with van der Waals surface area (Å²) in [7, 11) is 0. The second-order valence-corrected chi connectivity index (χ2v) is 6.18. The van der Waals surface area contributed by atoms with Gasteiger partial charge < -0.3 is 19.2 Å². The van der Waals surface area contributed by atoms with Gasteiger partial charge in [0.1, 0.15) is 11.6 Å². The van der Waals surface area contributed by atoms with Crippen LogP contribution in [0.5, 0.6) is 11.5 Å². The molecule has 0 saturated heterocycles. The molecule has 0 unspecified atom stereocenters. The molecule has 7 nitrogen and oxygen atoms in total. The summed E-state index contributed by atoms with van der Waals surface area (Å²) in [5.41, 5.74) is 1.70. The highest BCUT2D eigenvalue weighted by Crippen LogP contribution is 2.48. The van der Waals surface area contributed by atoms with Crippen LogP contribution in [0.15, 0.2) is 47.2 Å². The maximum absolute atomic E-state index is 12.5. The predicted molar refractivity (Wildman–Crippen MR) is 88.3 cm³/mol. The van der Waals surface area contributed by atoms with Crippen LogP contribution in [0.4, 0.5) is 5.82 Å². The van der Waals surface area contributed by atoms with E-state index in [0.29, 0.717) is 11.6 Å². The number of rotatable bonds is 4. The lowest BCUT2D eigenvalue weighted by Gasteiger charge is -2.06. The van der Waals surface area contributed by atoms with Crippen molar-refractivity contribution in [1.29, 1.82) is 0 Å². The molecule has 3 heterocycles. The lowest BCUT2D eigenvalue weighted by atomic mass is 10.1. The lowest BCUT2D eigenvalue weighted by Crippen LogP contribution is -2.15. The van der Waals surface area contributed by atoms with Crippen molar-refractivity contribution in [2.45, 2.75) is 12.3 Å².